The van der Waals surface area contributed by atoms with Crippen molar-refractivity contribution in [2.75, 3.05) is 6.61 Å². The van der Waals surface area contributed by atoms with Gasteiger partial charge >= 0.3 is 18.0 Å². The van der Waals surface area contributed by atoms with Gasteiger partial charge in [0.1, 0.15) is 11.6 Å². The van der Waals surface area contributed by atoms with Crippen LogP contribution in [0.5, 0.6) is 0 Å². The Morgan fingerprint density at radius 3 is 2.15 bits per heavy atom. The Morgan fingerprint density at radius 1 is 1.11 bits per heavy atom. The van der Waals surface area contributed by atoms with Gasteiger partial charge in [0, 0.05) is 12.8 Å². The van der Waals surface area contributed by atoms with Crippen LogP contribution in [0.2, 0.25) is 0 Å². The second-order valence-electron chi connectivity index (χ2n) is 7.47. The highest BCUT2D eigenvalue weighted by atomic mass is 16.7. The number of rotatable bonds is 7. The van der Waals surface area contributed by atoms with Crippen LogP contribution in [0.15, 0.2) is 0 Å². The van der Waals surface area contributed by atoms with Crippen molar-refractivity contribution in [3.8, 4) is 0 Å². The van der Waals surface area contributed by atoms with Gasteiger partial charge in [-0.3, -0.25) is 9.59 Å². The van der Waals surface area contributed by atoms with Gasteiger partial charge in [-0.05, 0) is 26.7 Å². The van der Waals surface area contributed by atoms with E-state index in [0.29, 0.717) is 5.06 Å². The molecule has 1 rings (SSSR count). The van der Waals surface area contributed by atoms with Crippen LogP contribution in [0, 0.1) is 5.92 Å². The number of esters is 1. The normalized spacial score (nSPS) is 15.6. The summed E-state index contributed by atoms with van der Waals surface area (Å²) >= 11 is 0. The summed E-state index contributed by atoms with van der Waals surface area (Å²) in [5, 5.41) is 2.62. The second kappa shape index (κ2) is 9.33. The average Bonchev–Trinajstić information content (AvgIpc) is 2.82. The lowest BCUT2D eigenvalue weighted by molar-refractivity contribution is -0.198. The first-order valence-electron chi connectivity index (χ1n) is 8.61. The number of amides is 3. The number of hydrogen-bond acceptors (Lipinski definition) is 8. The number of carbonyl (C=O) groups is 5. The maximum absolute atomic E-state index is 12.2. The third kappa shape index (κ3) is 8.06. The van der Waals surface area contributed by atoms with Crippen LogP contribution < -0.4 is 5.32 Å². The number of hydrogen-bond donors (Lipinski definition) is 1. The van der Waals surface area contributed by atoms with Gasteiger partial charge in [-0.25, -0.2) is 14.4 Å². The van der Waals surface area contributed by atoms with Gasteiger partial charge in [0.25, 0.3) is 11.8 Å². The molecule has 0 spiro atoms. The maximum Gasteiger partial charge on any atom is 0.408 e. The fraction of sp³-hybridized carbons (Fsp3) is 0.706. The summed E-state index contributed by atoms with van der Waals surface area (Å²) in [6.07, 6.45) is -1.66. The molecule has 0 unspecified atom stereocenters. The zero-order valence-corrected chi connectivity index (χ0v) is 16.2. The minimum absolute atomic E-state index is 0.0444. The molecule has 0 aromatic rings. The monoisotopic (exact) mass is 386 g/mol. The maximum atomic E-state index is 12.2. The fourth-order valence-electron chi connectivity index (χ4n) is 1.96. The van der Waals surface area contributed by atoms with Gasteiger partial charge in [-0.2, -0.15) is 0 Å². The smallest absolute Gasteiger partial charge is 0.408 e. The van der Waals surface area contributed by atoms with Crippen LogP contribution >= 0.6 is 0 Å². The zero-order valence-electron chi connectivity index (χ0n) is 16.2. The topological polar surface area (TPSA) is 128 Å². The Morgan fingerprint density at radius 2 is 1.67 bits per heavy atom. The predicted octanol–water partition coefficient (Wildman–Crippen LogP) is 1.08. The molecule has 3 amide bonds. The van der Waals surface area contributed by atoms with Crippen molar-refractivity contribution < 1.29 is 38.3 Å². The van der Waals surface area contributed by atoms with E-state index >= 15 is 0 Å². The Hall–Kier alpha value is -2.65. The van der Waals surface area contributed by atoms with E-state index in [0.717, 1.165) is 0 Å². The number of hydroxylamine groups is 2. The van der Waals surface area contributed by atoms with Gasteiger partial charge < -0.3 is 19.6 Å². The van der Waals surface area contributed by atoms with E-state index in [9.17, 15) is 24.0 Å². The molecule has 0 saturated carbocycles. The van der Waals surface area contributed by atoms with E-state index in [2.05, 4.69) is 5.32 Å². The van der Waals surface area contributed by atoms with E-state index in [1.54, 1.807) is 20.8 Å². The lowest BCUT2D eigenvalue weighted by Crippen LogP contribution is -2.46. The van der Waals surface area contributed by atoms with Crippen molar-refractivity contribution >= 4 is 29.8 Å². The molecule has 1 fully saturated rings. The van der Waals surface area contributed by atoms with Gasteiger partial charge in [-0.1, -0.05) is 13.8 Å². The van der Waals surface area contributed by atoms with E-state index in [-0.39, 0.29) is 25.4 Å². The number of alkyl carbamates (subject to hydrolysis) is 1. The van der Waals surface area contributed by atoms with E-state index < -0.39 is 47.9 Å². The van der Waals surface area contributed by atoms with Crippen LogP contribution in [0.4, 0.5) is 4.79 Å². The molecule has 0 aromatic heterocycles. The Labute approximate surface area is 157 Å². The molecule has 0 radical (unpaired) electrons. The molecular weight excluding hydrogens is 360 g/mol. The average molecular weight is 386 g/mol. The van der Waals surface area contributed by atoms with Crippen molar-refractivity contribution in [3.05, 3.63) is 0 Å². The quantitative estimate of drug-likeness (QED) is 0.508. The molecule has 0 aromatic carbocycles. The number of nitrogens with zero attached hydrogens (tertiary/aromatic N) is 1. The lowest BCUT2D eigenvalue weighted by atomic mass is 10.2. The molecule has 0 bridgehead atoms. The molecule has 27 heavy (non-hydrogen) atoms. The van der Waals surface area contributed by atoms with Crippen molar-refractivity contribution in [2.24, 2.45) is 5.92 Å². The molecule has 1 aliphatic heterocycles. The molecule has 152 valence electrons. The van der Waals surface area contributed by atoms with Crippen LogP contribution in [0.25, 0.3) is 0 Å². The minimum Gasteiger partial charge on any atom is -0.464 e. The summed E-state index contributed by atoms with van der Waals surface area (Å²) in [5.74, 6) is -3.14. The van der Waals surface area contributed by atoms with Crippen molar-refractivity contribution in [1.82, 2.24) is 10.4 Å². The zero-order chi connectivity index (χ0) is 20.8. The molecule has 1 aliphatic rings. The largest absolute Gasteiger partial charge is 0.464 e. The summed E-state index contributed by atoms with van der Waals surface area (Å²) in [7, 11) is 0. The third-order valence-electron chi connectivity index (χ3n) is 3.10. The van der Waals surface area contributed by atoms with Gasteiger partial charge in [0.2, 0.25) is 0 Å². The molecule has 1 heterocycles. The predicted molar refractivity (Wildman–Crippen MR) is 90.8 cm³/mol. The third-order valence-corrected chi connectivity index (χ3v) is 3.10. The van der Waals surface area contributed by atoms with E-state index in [4.69, 9.17) is 14.3 Å². The number of nitrogens with one attached hydrogen (secondary N) is 1. The standard InChI is InChI=1S/C17H26N2O8/c1-10(2)9-25-15(23)11(18-16(24)26-17(3,4)5)8-14(22)27-19-12(20)6-7-13(19)21/h10-11H,6-9H2,1-5H3,(H,18,24)/t11-/m0/s1. The molecule has 10 heteroatoms. The van der Waals surface area contributed by atoms with Crippen molar-refractivity contribution in [1.29, 1.82) is 0 Å². The molecule has 0 aliphatic carbocycles. The minimum atomic E-state index is -1.39. The molecule has 10 nitrogen and oxygen atoms in total. The lowest BCUT2D eigenvalue weighted by Gasteiger charge is -2.23. The number of ether oxygens (including phenoxy) is 2. The first-order chi connectivity index (χ1) is 12.4. The molecule has 1 atom stereocenters. The van der Waals surface area contributed by atoms with Crippen LogP contribution in [-0.2, 0) is 33.5 Å². The molecular formula is C17H26N2O8. The number of carbonyl (C=O) groups excluding carboxylic acids is 5. The first kappa shape index (κ1) is 22.4. The van der Waals surface area contributed by atoms with Crippen LogP contribution in [0.1, 0.15) is 53.9 Å². The second-order valence-corrected chi connectivity index (χ2v) is 7.47. The highest BCUT2D eigenvalue weighted by molar-refractivity contribution is 6.01. The summed E-state index contributed by atoms with van der Waals surface area (Å²) in [6, 6.07) is -1.39. The SMILES string of the molecule is CC(C)COC(=O)[C@H](CC(=O)ON1C(=O)CCC1=O)NC(=O)OC(C)(C)C. The first-order valence-corrected chi connectivity index (χ1v) is 8.61. The van der Waals surface area contributed by atoms with Gasteiger partial charge in [-0.15, -0.1) is 5.06 Å². The van der Waals surface area contributed by atoms with E-state index in [1.807, 2.05) is 13.8 Å². The summed E-state index contributed by atoms with van der Waals surface area (Å²) in [6.45, 7) is 8.64. The van der Waals surface area contributed by atoms with Gasteiger partial charge in [0.05, 0.1) is 13.0 Å². The Bertz CT molecular complexity index is 593. The fourth-order valence-corrected chi connectivity index (χ4v) is 1.96. The Balaban J connectivity index is 2.75. The summed E-state index contributed by atoms with van der Waals surface area (Å²) in [5.41, 5.74) is -0.814. The molecule has 1 saturated heterocycles. The highest BCUT2D eigenvalue weighted by Crippen LogP contribution is 2.14. The highest BCUT2D eigenvalue weighted by Gasteiger charge is 2.35. The summed E-state index contributed by atoms with van der Waals surface area (Å²) < 4.78 is 10.1. The number of imide groups is 1. The van der Waals surface area contributed by atoms with Crippen molar-refractivity contribution in [3.63, 3.8) is 0 Å². The summed E-state index contributed by atoms with van der Waals surface area (Å²) in [4.78, 5) is 63.9. The van der Waals surface area contributed by atoms with Crippen LogP contribution in [0.3, 0.4) is 0 Å². The van der Waals surface area contributed by atoms with Crippen LogP contribution in [-0.4, -0.2) is 53.2 Å². The van der Waals surface area contributed by atoms with E-state index in [1.165, 1.54) is 0 Å². The Kier molecular flexibility index (Phi) is 7.74. The van der Waals surface area contributed by atoms with Crippen molar-refractivity contribution in [2.45, 2.75) is 65.5 Å². The molecule has 1 N–H and O–H groups in total. The van der Waals surface area contributed by atoms with Gasteiger partial charge in [0.15, 0.2) is 0 Å².